The first kappa shape index (κ1) is 13.8. The fourth-order valence-electron chi connectivity index (χ4n) is 1.53. The van der Waals surface area contributed by atoms with Gasteiger partial charge in [0.05, 0.1) is 17.3 Å². The second-order valence-corrected chi connectivity index (χ2v) is 5.91. The highest BCUT2D eigenvalue weighted by molar-refractivity contribution is 9.10. The van der Waals surface area contributed by atoms with Crippen molar-refractivity contribution in [1.29, 1.82) is 0 Å². The maximum Gasteiger partial charge on any atom is 0.123 e. The molecular formula is C13H13BrClNOS. The molecule has 2 aromatic rings. The second-order valence-electron chi connectivity index (χ2n) is 3.78. The molecule has 18 heavy (non-hydrogen) atoms. The quantitative estimate of drug-likeness (QED) is 0.808. The highest BCUT2D eigenvalue weighted by Crippen LogP contribution is 2.26. The Labute approximate surface area is 124 Å². The summed E-state index contributed by atoms with van der Waals surface area (Å²) < 4.78 is 6.56. The molecule has 0 radical (unpaired) electrons. The van der Waals surface area contributed by atoms with Gasteiger partial charge in [0.2, 0.25) is 0 Å². The maximum absolute atomic E-state index is 5.94. The standard InChI is InChI=1S/C13H13BrClNOS/c1-18-8-11-4-3-10(17-11)7-16-9-2-5-13(15)12(14)6-9/h2-6,16H,7-8H2,1H3. The maximum atomic E-state index is 5.94. The van der Waals surface area contributed by atoms with E-state index in [0.717, 1.165) is 27.4 Å². The first-order chi connectivity index (χ1) is 8.69. The monoisotopic (exact) mass is 345 g/mol. The van der Waals surface area contributed by atoms with Crippen molar-refractivity contribution in [2.24, 2.45) is 0 Å². The molecule has 1 aromatic heterocycles. The molecular weight excluding hydrogens is 334 g/mol. The van der Waals surface area contributed by atoms with E-state index in [4.69, 9.17) is 16.0 Å². The normalized spacial score (nSPS) is 10.6. The van der Waals surface area contributed by atoms with Gasteiger partial charge in [0.25, 0.3) is 0 Å². The van der Waals surface area contributed by atoms with Gasteiger partial charge in [-0.05, 0) is 52.5 Å². The Kier molecular flexibility index (Phi) is 5.03. The Bertz CT molecular complexity index is 529. The predicted molar refractivity (Wildman–Crippen MR) is 82.4 cm³/mol. The molecule has 0 aliphatic heterocycles. The lowest BCUT2D eigenvalue weighted by atomic mass is 10.3. The summed E-state index contributed by atoms with van der Waals surface area (Å²) in [5.74, 6) is 2.86. The van der Waals surface area contributed by atoms with Crippen molar-refractivity contribution in [1.82, 2.24) is 0 Å². The lowest BCUT2D eigenvalue weighted by molar-refractivity contribution is 0.487. The molecule has 0 fully saturated rings. The van der Waals surface area contributed by atoms with E-state index in [1.165, 1.54) is 0 Å². The Hall–Kier alpha value is -0.580. The van der Waals surface area contributed by atoms with Crippen molar-refractivity contribution in [3.05, 3.63) is 51.3 Å². The van der Waals surface area contributed by atoms with E-state index in [-0.39, 0.29) is 0 Å². The largest absolute Gasteiger partial charge is 0.463 e. The molecule has 0 bridgehead atoms. The van der Waals surface area contributed by atoms with E-state index in [0.29, 0.717) is 11.6 Å². The summed E-state index contributed by atoms with van der Waals surface area (Å²) in [6.07, 6.45) is 2.06. The number of benzene rings is 1. The number of halogens is 2. The van der Waals surface area contributed by atoms with E-state index in [1.807, 2.05) is 30.3 Å². The van der Waals surface area contributed by atoms with Crippen LogP contribution < -0.4 is 5.32 Å². The van der Waals surface area contributed by atoms with Crippen LogP contribution in [0.1, 0.15) is 11.5 Å². The number of furan rings is 1. The molecule has 0 saturated heterocycles. The number of nitrogens with one attached hydrogen (secondary N) is 1. The second kappa shape index (κ2) is 6.55. The zero-order chi connectivity index (χ0) is 13.0. The molecule has 1 aromatic carbocycles. The van der Waals surface area contributed by atoms with Gasteiger partial charge in [-0.2, -0.15) is 11.8 Å². The van der Waals surface area contributed by atoms with Gasteiger partial charge in [-0.3, -0.25) is 0 Å². The molecule has 0 amide bonds. The van der Waals surface area contributed by atoms with Crippen molar-refractivity contribution in [2.75, 3.05) is 11.6 Å². The SMILES string of the molecule is CSCc1ccc(CNc2ccc(Cl)c(Br)c2)o1. The van der Waals surface area contributed by atoms with Crippen LogP contribution in [0.3, 0.4) is 0 Å². The third kappa shape index (κ3) is 3.70. The third-order valence-corrected chi connectivity index (χ3v) is 4.18. The highest BCUT2D eigenvalue weighted by Gasteiger charge is 2.03. The van der Waals surface area contributed by atoms with Gasteiger partial charge in [0.1, 0.15) is 11.5 Å². The smallest absolute Gasteiger partial charge is 0.123 e. The van der Waals surface area contributed by atoms with Crippen molar-refractivity contribution >= 4 is 45.0 Å². The van der Waals surface area contributed by atoms with Gasteiger partial charge in [0, 0.05) is 10.2 Å². The van der Waals surface area contributed by atoms with E-state index in [2.05, 4.69) is 27.5 Å². The Morgan fingerprint density at radius 3 is 2.78 bits per heavy atom. The van der Waals surface area contributed by atoms with E-state index in [1.54, 1.807) is 11.8 Å². The minimum Gasteiger partial charge on any atom is -0.463 e. The van der Waals surface area contributed by atoms with E-state index < -0.39 is 0 Å². The fraction of sp³-hybridized carbons (Fsp3) is 0.231. The van der Waals surface area contributed by atoms with E-state index in [9.17, 15) is 0 Å². The van der Waals surface area contributed by atoms with Crippen molar-refractivity contribution in [3.8, 4) is 0 Å². The molecule has 1 heterocycles. The molecule has 2 nitrogen and oxygen atoms in total. The van der Waals surface area contributed by atoms with Gasteiger partial charge in [-0.1, -0.05) is 11.6 Å². The van der Waals surface area contributed by atoms with Gasteiger partial charge >= 0.3 is 0 Å². The molecule has 0 aliphatic carbocycles. The van der Waals surface area contributed by atoms with E-state index >= 15 is 0 Å². The first-order valence-corrected chi connectivity index (χ1v) is 8.01. The zero-order valence-corrected chi connectivity index (χ0v) is 13.0. The molecule has 0 aliphatic rings. The summed E-state index contributed by atoms with van der Waals surface area (Å²) in [5.41, 5.74) is 1.01. The van der Waals surface area contributed by atoms with Gasteiger partial charge < -0.3 is 9.73 Å². The lowest BCUT2D eigenvalue weighted by Gasteiger charge is -2.05. The van der Waals surface area contributed by atoms with Crippen molar-refractivity contribution in [2.45, 2.75) is 12.3 Å². The number of rotatable bonds is 5. The first-order valence-electron chi connectivity index (χ1n) is 5.44. The topological polar surface area (TPSA) is 25.2 Å². The highest BCUT2D eigenvalue weighted by atomic mass is 79.9. The molecule has 2 rings (SSSR count). The molecule has 0 atom stereocenters. The van der Waals surface area contributed by atoms with Crippen LogP contribution >= 0.6 is 39.3 Å². The summed E-state index contributed by atoms with van der Waals surface area (Å²) >= 11 is 11.1. The number of thioether (sulfide) groups is 1. The van der Waals surface area contributed by atoms with Crippen LogP contribution in [0, 0.1) is 0 Å². The molecule has 0 saturated carbocycles. The third-order valence-electron chi connectivity index (χ3n) is 2.39. The van der Waals surface area contributed by atoms with Crippen LogP contribution in [-0.2, 0) is 12.3 Å². The summed E-state index contributed by atoms with van der Waals surface area (Å²) in [7, 11) is 0. The Morgan fingerprint density at radius 1 is 1.28 bits per heavy atom. The molecule has 0 spiro atoms. The van der Waals surface area contributed by atoms with Gasteiger partial charge in [0.15, 0.2) is 0 Å². The average molecular weight is 347 g/mol. The van der Waals surface area contributed by atoms with Crippen molar-refractivity contribution < 1.29 is 4.42 Å². The Balaban J connectivity index is 1.95. The average Bonchev–Trinajstić information content (AvgIpc) is 2.79. The van der Waals surface area contributed by atoms with Crippen molar-refractivity contribution in [3.63, 3.8) is 0 Å². The van der Waals surface area contributed by atoms with Crippen LogP contribution in [0.2, 0.25) is 5.02 Å². The molecule has 1 N–H and O–H groups in total. The number of anilines is 1. The van der Waals surface area contributed by atoms with Crippen LogP contribution in [0.5, 0.6) is 0 Å². The zero-order valence-electron chi connectivity index (χ0n) is 9.87. The van der Waals surface area contributed by atoms with Crippen LogP contribution in [0.25, 0.3) is 0 Å². The van der Waals surface area contributed by atoms with Crippen LogP contribution in [0.15, 0.2) is 39.2 Å². The molecule has 5 heteroatoms. The fourth-order valence-corrected chi connectivity index (χ4v) is 2.47. The van der Waals surface area contributed by atoms with Crippen LogP contribution in [0.4, 0.5) is 5.69 Å². The summed E-state index contributed by atoms with van der Waals surface area (Å²) in [6.45, 7) is 0.669. The van der Waals surface area contributed by atoms with Gasteiger partial charge in [-0.25, -0.2) is 0 Å². The predicted octanol–water partition coefficient (Wildman–Crippen LogP) is 5.17. The number of hydrogen-bond acceptors (Lipinski definition) is 3. The molecule has 96 valence electrons. The Morgan fingerprint density at radius 2 is 2.06 bits per heavy atom. The summed E-state index contributed by atoms with van der Waals surface area (Å²) in [6, 6.07) is 9.77. The van der Waals surface area contributed by atoms with Gasteiger partial charge in [-0.15, -0.1) is 0 Å². The summed E-state index contributed by atoms with van der Waals surface area (Å²) in [5, 5.41) is 4.00. The lowest BCUT2D eigenvalue weighted by Crippen LogP contribution is -1.97. The van der Waals surface area contributed by atoms with Crippen LogP contribution in [-0.4, -0.2) is 6.26 Å². The minimum atomic E-state index is 0.669. The number of hydrogen-bond donors (Lipinski definition) is 1. The summed E-state index contributed by atoms with van der Waals surface area (Å²) in [4.78, 5) is 0. The minimum absolute atomic E-state index is 0.669. The molecule has 0 unspecified atom stereocenters.